The quantitative estimate of drug-likeness (QED) is 0.769. The number of nitrogens with zero attached hydrogens (tertiary/aromatic N) is 2. The molecule has 2 N–H and O–H groups in total. The van der Waals surface area contributed by atoms with Crippen molar-refractivity contribution < 1.29 is 18.0 Å². The van der Waals surface area contributed by atoms with Gasteiger partial charge < -0.3 is 15.1 Å². The molecule has 1 aromatic heterocycles. The molecule has 0 unspecified atom stereocenters. The summed E-state index contributed by atoms with van der Waals surface area (Å²) in [5.41, 5.74) is 7.95. The molecule has 3 aromatic rings. The molecule has 1 aliphatic heterocycles. The van der Waals surface area contributed by atoms with Crippen LogP contribution in [0.25, 0.3) is 11.5 Å². The van der Waals surface area contributed by atoms with Crippen LogP contribution in [0.15, 0.2) is 46.9 Å². The fourth-order valence-electron chi connectivity index (χ4n) is 3.14. The van der Waals surface area contributed by atoms with E-state index in [-0.39, 0.29) is 23.9 Å². The molecule has 5 nitrogen and oxygen atoms in total. The SMILES string of the molecule is NCc1ccc(C(=O)N2CCc3oc(-c4cc(F)cc(F)c4)nc3C2)cc1. The second kappa shape index (κ2) is 6.92. The van der Waals surface area contributed by atoms with Crippen molar-refractivity contribution in [2.75, 3.05) is 6.54 Å². The first-order valence-electron chi connectivity index (χ1n) is 8.57. The van der Waals surface area contributed by atoms with Gasteiger partial charge in [-0.2, -0.15) is 0 Å². The van der Waals surface area contributed by atoms with Crippen molar-refractivity contribution >= 4 is 5.91 Å². The molecule has 0 fully saturated rings. The molecular formula is C20H17F2N3O2. The van der Waals surface area contributed by atoms with Gasteiger partial charge in [-0.1, -0.05) is 12.1 Å². The average Bonchev–Trinajstić information content (AvgIpc) is 3.10. The molecule has 0 saturated heterocycles. The fraction of sp³-hybridized carbons (Fsp3) is 0.200. The van der Waals surface area contributed by atoms with Crippen LogP contribution < -0.4 is 5.73 Å². The molecule has 0 aliphatic carbocycles. The van der Waals surface area contributed by atoms with Crippen molar-refractivity contribution in [1.82, 2.24) is 9.88 Å². The van der Waals surface area contributed by atoms with E-state index in [0.29, 0.717) is 36.5 Å². The van der Waals surface area contributed by atoms with Crippen LogP contribution in [0.1, 0.15) is 27.4 Å². The van der Waals surface area contributed by atoms with E-state index in [0.717, 1.165) is 11.6 Å². The summed E-state index contributed by atoms with van der Waals surface area (Å²) in [6.45, 7) is 1.19. The van der Waals surface area contributed by atoms with E-state index in [1.54, 1.807) is 17.0 Å². The van der Waals surface area contributed by atoms with Gasteiger partial charge in [0.2, 0.25) is 5.89 Å². The van der Waals surface area contributed by atoms with Crippen molar-refractivity contribution in [2.45, 2.75) is 19.5 Å². The number of amides is 1. The zero-order valence-electron chi connectivity index (χ0n) is 14.4. The van der Waals surface area contributed by atoms with Gasteiger partial charge in [0.1, 0.15) is 23.1 Å². The summed E-state index contributed by atoms with van der Waals surface area (Å²) in [5, 5.41) is 0. The monoisotopic (exact) mass is 369 g/mol. The number of hydrogen-bond donors (Lipinski definition) is 1. The molecule has 1 aliphatic rings. The molecule has 4 rings (SSSR count). The van der Waals surface area contributed by atoms with Crippen LogP contribution in [0.3, 0.4) is 0 Å². The van der Waals surface area contributed by atoms with E-state index >= 15 is 0 Å². The molecule has 2 heterocycles. The van der Waals surface area contributed by atoms with Gasteiger partial charge in [0.25, 0.3) is 5.91 Å². The van der Waals surface area contributed by atoms with E-state index < -0.39 is 11.6 Å². The van der Waals surface area contributed by atoms with E-state index in [4.69, 9.17) is 10.2 Å². The highest BCUT2D eigenvalue weighted by Crippen LogP contribution is 2.28. The first kappa shape index (κ1) is 17.4. The number of aromatic nitrogens is 1. The Hall–Kier alpha value is -3.06. The standard InChI is InChI=1S/C20H17F2N3O2/c21-15-7-14(8-16(22)9-15)19-24-17-11-25(6-5-18(17)27-19)20(26)13-3-1-12(10-23)2-4-13/h1-4,7-9H,5-6,10-11,23H2. The van der Waals surface area contributed by atoms with Gasteiger partial charge in [0.05, 0.1) is 6.54 Å². The highest BCUT2D eigenvalue weighted by molar-refractivity contribution is 5.94. The number of benzene rings is 2. The minimum atomic E-state index is -0.695. The Balaban J connectivity index is 1.56. The summed E-state index contributed by atoms with van der Waals surface area (Å²) >= 11 is 0. The summed E-state index contributed by atoms with van der Waals surface area (Å²) in [5.74, 6) is -0.708. The zero-order valence-corrected chi connectivity index (χ0v) is 14.4. The Kier molecular flexibility index (Phi) is 4.45. The molecule has 0 bridgehead atoms. The lowest BCUT2D eigenvalue weighted by Gasteiger charge is -2.25. The molecule has 0 radical (unpaired) electrons. The Morgan fingerprint density at radius 1 is 1.15 bits per heavy atom. The number of nitrogens with two attached hydrogens (primary N) is 1. The number of fused-ring (bicyclic) bond motifs is 1. The maximum atomic E-state index is 13.4. The van der Waals surface area contributed by atoms with Crippen LogP contribution in [0.4, 0.5) is 8.78 Å². The smallest absolute Gasteiger partial charge is 0.254 e. The van der Waals surface area contributed by atoms with E-state index in [1.807, 2.05) is 12.1 Å². The lowest BCUT2D eigenvalue weighted by atomic mass is 10.1. The van der Waals surface area contributed by atoms with Crippen LogP contribution in [0.5, 0.6) is 0 Å². The van der Waals surface area contributed by atoms with Crippen molar-refractivity contribution in [3.05, 3.63) is 76.7 Å². The van der Waals surface area contributed by atoms with Gasteiger partial charge in [0, 0.05) is 36.7 Å². The summed E-state index contributed by atoms with van der Waals surface area (Å²) < 4.78 is 32.5. The Labute approximate surface area is 154 Å². The van der Waals surface area contributed by atoms with Crippen LogP contribution >= 0.6 is 0 Å². The topological polar surface area (TPSA) is 72.4 Å². The minimum absolute atomic E-state index is 0.106. The molecular weight excluding hydrogens is 352 g/mol. The van der Waals surface area contributed by atoms with Gasteiger partial charge >= 0.3 is 0 Å². The summed E-state index contributed by atoms with van der Waals surface area (Å²) in [4.78, 5) is 18.7. The third-order valence-electron chi connectivity index (χ3n) is 4.56. The number of oxazole rings is 1. The van der Waals surface area contributed by atoms with Crippen molar-refractivity contribution in [3.8, 4) is 11.5 Å². The maximum Gasteiger partial charge on any atom is 0.254 e. The van der Waals surface area contributed by atoms with Gasteiger partial charge in [-0.15, -0.1) is 0 Å². The maximum absolute atomic E-state index is 13.4. The molecule has 0 atom stereocenters. The van der Waals surface area contributed by atoms with E-state index in [1.165, 1.54) is 12.1 Å². The lowest BCUT2D eigenvalue weighted by molar-refractivity contribution is 0.0728. The van der Waals surface area contributed by atoms with Crippen molar-refractivity contribution in [3.63, 3.8) is 0 Å². The minimum Gasteiger partial charge on any atom is -0.441 e. The molecule has 138 valence electrons. The summed E-state index contributed by atoms with van der Waals surface area (Å²) in [6, 6.07) is 10.3. The molecule has 27 heavy (non-hydrogen) atoms. The highest BCUT2D eigenvalue weighted by atomic mass is 19.1. The second-order valence-electron chi connectivity index (χ2n) is 6.42. The normalized spacial score (nSPS) is 13.5. The number of halogens is 2. The third kappa shape index (κ3) is 3.46. The first-order valence-corrected chi connectivity index (χ1v) is 8.57. The molecule has 1 amide bonds. The predicted octanol–water partition coefficient (Wildman–Crippen LogP) is 3.28. The molecule has 7 heteroatoms. The second-order valence-corrected chi connectivity index (χ2v) is 6.42. The zero-order chi connectivity index (χ0) is 19.0. The molecule has 0 saturated carbocycles. The Morgan fingerprint density at radius 2 is 1.85 bits per heavy atom. The summed E-state index contributed by atoms with van der Waals surface area (Å²) in [7, 11) is 0. The highest BCUT2D eigenvalue weighted by Gasteiger charge is 2.26. The largest absolute Gasteiger partial charge is 0.441 e. The van der Waals surface area contributed by atoms with E-state index in [2.05, 4.69) is 4.98 Å². The van der Waals surface area contributed by atoms with E-state index in [9.17, 15) is 13.6 Å². The van der Waals surface area contributed by atoms with Gasteiger partial charge in [-0.05, 0) is 29.8 Å². The first-order chi connectivity index (χ1) is 13.0. The third-order valence-corrected chi connectivity index (χ3v) is 4.56. The van der Waals surface area contributed by atoms with Gasteiger partial charge in [0.15, 0.2) is 0 Å². The van der Waals surface area contributed by atoms with Gasteiger partial charge in [-0.3, -0.25) is 4.79 Å². The van der Waals surface area contributed by atoms with Gasteiger partial charge in [-0.25, -0.2) is 13.8 Å². The van der Waals surface area contributed by atoms with Crippen molar-refractivity contribution in [2.24, 2.45) is 5.73 Å². The number of carbonyl (C=O) groups excluding carboxylic acids is 1. The predicted molar refractivity (Wildman–Crippen MR) is 94.6 cm³/mol. The van der Waals surface area contributed by atoms with Crippen LogP contribution in [0.2, 0.25) is 0 Å². The summed E-state index contributed by atoms with van der Waals surface area (Å²) in [6.07, 6.45) is 0.493. The fourth-order valence-corrected chi connectivity index (χ4v) is 3.14. The molecule has 0 spiro atoms. The van der Waals surface area contributed by atoms with Crippen LogP contribution in [-0.2, 0) is 19.5 Å². The van der Waals surface area contributed by atoms with Crippen LogP contribution in [-0.4, -0.2) is 22.3 Å². The molecule has 2 aromatic carbocycles. The van der Waals surface area contributed by atoms with Crippen molar-refractivity contribution in [1.29, 1.82) is 0 Å². The Bertz CT molecular complexity index is 979. The van der Waals surface area contributed by atoms with Crippen LogP contribution in [0, 0.1) is 11.6 Å². The average molecular weight is 369 g/mol. The number of rotatable bonds is 3. The number of hydrogen-bond acceptors (Lipinski definition) is 4. The lowest BCUT2D eigenvalue weighted by Crippen LogP contribution is -2.35. The Morgan fingerprint density at radius 3 is 2.52 bits per heavy atom. The number of carbonyl (C=O) groups is 1.